The van der Waals surface area contributed by atoms with Gasteiger partial charge in [0, 0.05) is 22.5 Å². The zero-order valence-electron chi connectivity index (χ0n) is 11.2. The second kappa shape index (κ2) is 6.46. The third kappa shape index (κ3) is 3.09. The van der Waals surface area contributed by atoms with Crippen molar-refractivity contribution < 1.29 is 0 Å². The largest absolute Gasteiger partial charge is 0.308 e. The molecule has 2 aromatic rings. The van der Waals surface area contributed by atoms with Crippen LogP contribution in [0.5, 0.6) is 0 Å². The normalized spacial score (nSPS) is 14.8. The van der Waals surface area contributed by atoms with Crippen LogP contribution >= 0.6 is 39.3 Å². The third-order valence-electron chi connectivity index (χ3n) is 3.08. The molecule has 0 aliphatic carbocycles. The highest BCUT2D eigenvalue weighted by Crippen LogP contribution is 2.30. The van der Waals surface area contributed by atoms with E-state index in [2.05, 4.69) is 43.6 Å². The lowest BCUT2D eigenvalue weighted by atomic mass is 10.2. The Kier molecular flexibility index (Phi) is 5.15. The van der Waals surface area contributed by atoms with Gasteiger partial charge in [-0.1, -0.05) is 6.92 Å². The summed E-state index contributed by atoms with van der Waals surface area (Å²) in [4.78, 5) is 9.17. The molecule has 0 radical (unpaired) electrons. The minimum absolute atomic E-state index is 0.121. The Bertz CT molecular complexity index is 570. The van der Waals surface area contributed by atoms with E-state index >= 15 is 0 Å². The van der Waals surface area contributed by atoms with Crippen molar-refractivity contribution in [2.75, 3.05) is 12.0 Å². The van der Waals surface area contributed by atoms with Gasteiger partial charge in [-0.3, -0.25) is 0 Å². The number of rotatable bonds is 5. The third-order valence-corrected chi connectivity index (χ3v) is 4.42. The number of thioether (sulfide) groups is 1. The van der Waals surface area contributed by atoms with E-state index in [9.17, 15) is 0 Å². The SMILES string of the molecule is CCC(CSC)n1c(C(C)Cl)nc2cc(Br)cnc21. The molecule has 2 rings (SSSR count). The smallest absolute Gasteiger partial charge is 0.160 e. The Morgan fingerprint density at radius 2 is 2.26 bits per heavy atom. The van der Waals surface area contributed by atoms with E-state index in [0.717, 1.165) is 33.6 Å². The predicted molar refractivity (Wildman–Crippen MR) is 87.2 cm³/mol. The summed E-state index contributed by atoms with van der Waals surface area (Å²) in [6.45, 7) is 4.15. The number of aromatic nitrogens is 3. The summed E-state index contributed by atoms with van der Waals surface area (Å²) >= 11 is 11.6. The monoisotopic (exact) mass is 361 g/mol. The van der Waals surface area contributed by atoms with E-state index in [4.69, 9.17) is 11.6 Å². The van der Waals surface area contributed by atoms with Gasteiger partial charge in [0.15, 0.2) is 5.65 Å². The van der Waals surface area contributed by atoms with Gasteiger partial charge in [0.25, 0.3) is 0 Å². The molecule has 2 unspecified atom stereocenters. The van der Waals surface area contributed by atoms with Crippen molar-refractivity contribution >= 4 is 50.5 Å². The number of hydrogen-bond donors (Lipinski definition) is 0. The Hall–Kier alpha value is -0.260. The summed E-state index contributed by atoms with van der Waals surface area (Å²) in [5.74, 6) is 1.94. The highest BCUT2D eigenvalue weighted by atomic mass is 79.9. The Balaban J connectivity index is 2.63. The molecule has 0 N–H and O–H groups in total. The van der Waals surface area contributed by atoms with Crippen LogP contribution in [0, 0.1) is 0 Å². The van der Waals surface area contributed by atoms with Crippen molar-refractivity contribution in [3.63, 3.8) is 0 Å². The highest BCUT2D eigenvalue weighted by molar-refractivity contribution is 9.10. The zero-order chi connectivity index (χ0) is 14.0. The number of fused-ring (bicyclic) bond motifs is 1. The van der Waals surface area contributed by atoms with Gasteiger partial charge in [-0.05, 0) is 41.6 Å². The number of pyridine rings is 1. The van der Waals surface area contributed by atoms with E-state index in [0.29, 0.717) is 6.04 Å². The molecule has 104 valence electrons. The first-order chi connectivity index (χ1) is 9.08. The molecule has 0 saturated carbocycles. The van der Waals surface area contributed by atoms with Gasteiger partial charge < -0.3 is 4.57 Å². The van der Waals surface area contributed by atoms with Crippen molar-refractivity contribution in [3.8, 4) is 0 Å². The second-order valence-corrected chi connectivity index (χ2v) is 6.95. The van der Waals surface area contributed by atoms with Crippen LogP contribution in [0.2, 0.25) is 0 Å². The average molecular weight is 363 g/mol. The highest BCUT2D eigenvalue weighted by Gasteiger charge is 2.21. The van der Waals surface area contributed by atoms with Crippen LogP contribution in [0.1, 0.15) is 37.5 Å². The van der Waals surface area contributed by atoms with Crippen molar-refractivity contribution in [3.05, 3.63) is 22.6 Å². The number of hydrogen-bond acceptors (Lipinski definition) is 3. The van der Waals surface area contributed by atoms with Crippen LogP contribution in [0.3, 0.4) is 0 Å². The Labute approximate surface area is 131 Å². The molecule has 0 amide bonds. The standard InChI is InChI=1S/C13H17BrClN3S/c1-4-10(7-19-3)18-12(8(2)15)17-11-5-9(14)6-16-13(11)18/h5-6,8,10H,4,7H2,1-3H3. The molecule has 3 nitrogen and oxygen atoms in total. The average Bonchev–Trinajstić information content (AvgIpc) is 2.74. The fourth-order valence-electron chi connectivity index (χ4n) is 2.18. The van der Waals surface area contributed by atoms with Gasteiger partial charge in [-0.2, -0.15) is 11.8 Å². The maximum Gasteiger partial charge on any atom is 0.160 e. The summed E-state index contributed by atoms with van der Waals surface area (Å²) in [5, 5.41) is -0.121. The second-order valence-electron chi connectivity index (χ2n) is 4.47. The van der Waals surface area contributed by atoms with E-state index in [1.165, 1.54) is 0 Å². The fraction of sp³-hybridized carbons (Fsp3) is 0.538. The quantitative estimate of drug-likeness (QED) is 0.715. The van der Waals surface area contributed by atoms with Gasteiger partial charge in [0.05, 0.1) is 5.38 Å². The zero-order valence-corrected chi connectivity index (χ0v) is 14.4. The predicted octanol–water partition coefficient (Wildman–Crippen LogP) is 4.81. The van der Waals surface area contributed by atoms with Gasteiger partial charge in [-0.15, -0.1) is 11.6 Å². The van der Waals surface area contributed by atoms with E-state index < -0.39 is 0 Å². The molecule has 6 heteroatoms. The van der Waals surface area contributed by atoms with Crippen LogP contribution in [0.15, 0.2) is 16.7 Å². The summed E-state index contributed by atoms with van der Waals surface area (Å²) in [7, 11) is 0. The summed E-state index contributed by atoms with van der Waals surface area (Å²) < 4.78 is 3.15. The molecule has 2 heterocycles. The molecule has 0 aliphatic rings. The van der Waals surface area contributed by atoms with Gasteiger partial charge >= 0.3 is 0 Å². The maximum atomic E-state index is 6.29. The van der Waals surface area contributed by atoms with Crippen LogP contribution in [-0.2, 0) is 0 Å². The lowest BCUT2D eigenvalue weighted by Crippen LogP contribution is -2.15. The molecule has 0 fully saturated rings. The van der Waals surface area contributed by atoms with E-state index in [1.54, 1.807) is 0 Å². The molecule has 0 aliphatic heterocycles. The molecule has 0 spiro atoms. The topological polar surface area (TPSA) is 30.7 Å². The summed E-state index contributed by atoms with van der Waals surface area (Å²) in [6.07, 6.45) is 4.98. The minimum Gasteiger partial charge on any atom is -0.308 e. The number of alkyl halides is 1. The lowest BCUT2D eigenvalue weighted by molar-refractivity contribution is 0.527. The van der Waals surface area contributed by atoms with E-state index in [-0.39, 0.29) is 5.38 Å². The molecule has 0 aromatic carbocycles. The molecule has 19 heavy (non-hydrogen) atoms. The maximum absolute atomic E-state index is 6.29. The molecule has 0 saturated heterocycles. The molecular formula is C13H17BrClN3S. The van der Waals surface area contributed by atoms with Gasteiger partial charge in [0.1, 0.15) is 11.3 Å². The first kappa shape index (κ1) is 15.1. The number of halogens is 2. The minimum atomic E-state index is -0.121. The number of imidazole rings is 1. The molecular weight excluding hydrogens is 346 g/mol. The molecule has 2 aromatic heterocycles. The van der Waals surface area contributed by atoms with Crippen molar-refractivity contribution in [2.45, 2.75) is 31.7 Å². The summed E-state index contributed by atoms with van der Waals surface area (Å²) in [6, 6.07) is 2.37. The fourth-order valence-corrected chi connectivity index (χ4v) is 3.43. The molecule has 2 atom stereocenters. The lowest BCUT2D eigenvalue weighted by Gasteiger charge is -2.19. The van der Waals surface area contributed by atoms with Crippen molar-refractivity contribution in [2.24, 2.45) is 0 Å². The van der Waals surface area contributed by atoms with Crippen LogP contribution in [0.4, 0.5) is 0 Å². The van der Waals surface area contributed by atoms with Crippen LogP contribution in [-0.4, -0.2) is 26.5 Å². The van der Waals surface area contributed by atoms with Gasteiger partial charge in [-0.25, -0.2) is 9.97 Å². The first-order valence-electron chi connectivity index (χ1n) is 6.24. The van der Waals surface area contributed by atoms with E-state index in [1.807, 2.05) is 30.9 Å². The van der Waals surface area contributed by atoms with Crippen LogP contribution in [0.25, 0.3) is 11.2 Å². The Morgan fingerprint density at radius 1 is 1.53 bits per heavy atom. The summed E-state index contributed by atoms with van der Waals surface area (Å²) in [5.41, 5.74) is 1.82. The number of nitrogens with zero attached hydrogens (tertiary/aromatic N) is 3. The van der Waals surface area contributed by atoms with Crippen molar-refractivity contribution in [1.82, 2.24) is 14.5 Å². The van der Waals surface area contributed by atoms with Crippen LogP contribution < -0.4 is 0 Å². The first-order valence-corrected chi connectivity index (χ1v) is 8.87. The van der Waals surface area contributed by atoms with Crippen molar-refractivity contribution in [1.29, 1.82) is 0 Å². The molecule has 0 bridgehead atoms. The van der Waals surface area contributed by atoms with Gasteiger partial charge in [0.2, 0.25) is 0 Å². The Morgan fingerprint density at radius 3 is 2.84 bits per heavy atom.